The Morgan fingerprint density at radius 1 is 0.900 bits per heavy atom. The summed E-state index contributed by atoms with van der Waals surface area (Å²) in [6.07, 6.45) is 0. The highest BCUT2D eigenvalue weighted by atomic mass is 14.0. The van der Waals surface area contributed by atoms with Crippen LogP contribution in [-0.2, 0) is 0 Å². The van der Waals surface area contributed by atoms with Gasteiger partial charge in [-0.25, -0.2) is 0 Å². The van der Waals surface area contributed by atoms with E-state index in [4.69, 9.17) is 4.11 Å². The molecule has 0 saturated heterocycles. The minimum absolute atomic E-state index is 0.0150. The molecule has 0 aromatic rings. The van der Waals surface area contributed by atoms with Crippen LogP contribution in [0.5, 0.6) is 0 Å². The second-order valence-electron chi connectivity index (χ2n) is 2.11. The maximum atomic E-state index is 7.58. The zero-order valence-electron chi connectivity index (χ0n) is 8.39. The van der Waals surface area contributed by atoms with Gasteiger partial charge in [-0.05, 0) is 11.1 Å². The van der Waals surface area contributed by atoms with E-state index >= 15 is 0 Å². The van der Waals surface area contributed by atoms with E-state index in [0.29, 0.717) is 11.1 Å². The van der Waals surface area contributed by atoms with Gasteiger partial charge in [0, 0.05) is 0 Å². The Morgan fingerprint density at radius 3 is 2.10 bits per heavy atom. The molecule has 0 atom stereocenters. The van der Waals surface area contributed by atoms with E-state index in [2.05, 4.69) is 0 Å². The largest absolute Gasteiger partial charge is 0.0629 e. The van der Waals surface area contributed by atoms with E-state index in [1.165, 1.54) is 0 Å². The Hall–Kier alpha value is -1.30. The fourth-order valence-electron chi connectivity index (χ4n) is 0.931. The fraction of sp³-hybridized carbons (Fsp3) is 0. The summed E-state index contributed by atoms with van der Waals surface area (Å²) in [5.41, 5.74) is 1.36. The van der Waals surface area contributed by atoms with Gasteiger partial charge in [0.25, 0.3) is 0 Å². The summed E-state index contributed by atoms with van der Waals surface area (Å²) in [5, 5.41) is 0. The van der Waals surface area contributed by atoms with E-state index < -0.39 is 0 Å². The van der Waals surface area contributed by atoms with E-state index in [-0.39, 0.29) is 18.1 Å². The van der Waals surface area contributed by atoms with Crippen molar-refractivity contribution in [2.24, 2.45) is 0 Å². The smallest absolute Gasteiger partial charge is 0.0622 e. The van der Waals surface area contributed by atoms with Crippen molar-refractivity contribution in [3.05, 3.63) is 48.5 Å². The summed E-state index contributed by atoms with van der Waals surface area (Å²) in [4.78, 5) is 0. The summed E-state index contributed by atoms with van der Waals surface area (Å²) in [6.45, 7) is 0. The van der Waals surface area contributed by atoms with Crippen LogP contribution in [0.25, 0.3) is 11.1 Å². The standard InChI is InChI=1S/C10H8/c1-2-5-9-7-4-8-10(9)6-3-1/h1-8H/i4D,7D,8D. The highest BCUT2D eigenvalue weighted by Crippen LogP contribution is 2.19. The van der Waals surface area contributed by atoms with Crippen LogP contribution in [-0.4, -0.2) is 0 Å². The molecule has 0 bridgehead atoms. The van der Waals surface area contributed by atoms with Crippen molar-refractivity contribution in [3.8, 4) is 11.1 Å². The Kier molecular flexibility index (Phi) is 0.685. The van der Waals surface area contributed by atoms with Gasteiger partial charge >= 0.3 is 0 Å². The molecule has 0 fully saturated rings. The summed E-state index contributed by atoms with van der Waals surface area (Å²) >= 11 is 0. The molecule has 0 aliphatic heterocycles. The summed E-state index contributed by atoms with van der Waals surface area (Å²) in [5.74, 6) is 0. The maximum absolute atomic E-state index is 7.58. The van der Waals surface area contributed by atoms with Crippen molar-refractivity contribution >= 4 is 0 Å². The van der Waals surface area contributed by atoms with Gasteiger partial charge in [0.05, 0.1) is 4.11 Å². The molecule has 0 heteroatoms. The monoisotopic (exact) mass is 131 g/mol. The predicted octanol–water partition coefficient (Wildman–Crippen LogP) is 2.79. The van der Waals surface area contributed by atoms with Crippen LogP contribution in [0.4, 0.5) is 0 Å². The van der Waals surface area contributed by atoms with E-state index in [1.807, 2.05) is 18.2 Å². The van der Waals surface area contributed by atoms with Crippen LogP contribution in [0.2, 0.25) is 0 Å². The SMILES string of the molecule is [2H]c1c2cccccc-2c([2H])c1[2H]. The lowest BCUT2D eigenvalue weighted by molar-refractivity contribution is 1.84. The number of hydrogen-bond acceptors (Lipinski definition) is 0. The Labute approximate surface area is 64.7 Å². The van der Waals surface area contributed by atoms with Gasteiger partial charge in [0.1, 0.15) is 0 Å². The Balaban J connectivity index is 2.86. The first kappa shape index (κ1) is 3.20. The normalized spacial score (nSPS) is 14.2. The van der Waals surface area contributed by atoms with Gasteiger partial charge in [0.15, 0.2) is 0 Å². The van der Waals surface area contributed by atoms with Crippen molar-refractivity contribution in [3.63, 3.8) is 0 Å². The van der Waals surface area contributed by atoms with Crippen molar-refractivity contribution in [2.45, 2.75) is 0 Å². The first-order valence-corrected chi connectivity index (χ1v) is 3.16. The van der Waals surface area contributed by atoms with Crippen LogP contribution in [0, 0.1) is 0 Å². The summed E-state index contributed by atoms with van der Waals surface area (Å²) in [7, 11) is 0. The molecule has 0 amide bonds. The molecule has 0 radical (unpaired) electrons. The molecule has 2 aliphatic carbocycles. The summed E-state index contributed by atoms with van der Waals surface area (Å²) < 4.78 is 22.6. The van der Waals surface area contributed by atoms with Gasteiger partial charge in [-0.15, -0.1) is 0 Å². The second kappa shape index (κ2) is 2.14. The zero-order valence-corrected chi connectivity index (χ0v) is 5.39. The predicted molar refractivity (Wildman–Crippen MR) is 43.1 cm³/mol. The molecule has 48 valence electrons. The molecule has 0 spiro atoms. The molecule has 0 N–H and O–H groups in total. The minimum atomic E-state index is 0.0150. The summed E-state index contributed by atoms with van der Waals surface area (Å²) in [6, 6.07) is 9.34. The molecular formula is C10H8. The zero-order chi connectivity index (χ0) is 9.42. The lowest BCUT2D eigenvalue weighted by Crippen LogP contribution is -1.59. The molecule has 2 rings (SSSR count). The quantitative estimate of drug-likeness (QED) is 0.515. The van der Waals surface area contributed by atoms with Crippen molar-refractivity contribution < 1.29 is 4.11 Å². The van der Waals surface area contributed by atoms with Crippen molar-refractivity contribution in [2.75, 3.05) is 0 Å². The lowest BCUT2D eigenvalue weighted by Gasteiger charge is -1.85. The Bertz CT molecular complexity index is 386. The van der Waals surface area contributed by atoms with Crippen molar-refractivity contribution in [1.82, 2.24) is 0 Å². The number of fused-ring (bicyclic) bond motifs is 1. The van der Waals surface area contributed by atoms with Crippen LogP contribution < -0.4 is 0 Å². The second-order valence-corrected chi connectivity index (χ2v) is 2.11. The first-order valence-electron chi connectivity index (χ1n) is 4.66. The molecule has 0 nitrogen and oxygen atoms in total. The minimum Gasteiger partial charge on any atom is -0.0622 e. The van der Waals surface area contributed by atoms with Crippen LogP contribution >= 0.6 is 0 Å². The van der Waals surface area contributed by atoms with E-state index in [9.17, 15) is 0 Å². The van der Waals surface area contributed by atoms with Crippen LogP contribution in [0.1, 0.15) is 4.11 Å². The highest BCUT2D eigenvalue weighted by molar-refractivity contribution is 5.65. The average molecular weight is 131 g/mol. The molecule has 0 aromatic carbocycles. The van der Waals surface area contributed by atoms with Crippen molar-refractivity contribution in [1.29, 1.82) is 0 Å². The van der Waals surface area contributed by atoms with Gasteiger partial charge in [-0.2, -0.15) is 0 Å². The van der Waals surface area contributed by atoms with Gasteiger partial charge in [-0.3, -0.25) is 0 Å². The van der Waals surface area contributed by atoms with Gasteiger partial charge in [-0.1, -0.05) is 48.5 Å². The molecule has 10 heavy (non-hydrogen) atoms. The molecule has 0 saturated carbocycles. The van der Waals surface area contributed by atoms with E-state index in [0.717, 1.165) is 0 Å². The highest BCUT2D eigenvalue weighted by Gasteiger charge is 1.94. The molecule has 0 heterocycles. The third-order valence-corrected chi connectivity index (χ3v) is 1.43. The molecular weight excluding hydrogens is 120 g/mol. The van der Waals surface area contributed by atoms with Crippen LogP contribution in [0.3, 0.4) is 0 Å². The maximum Gasteiger partial charge on any atom is 0.0629 e. The molecule has 0 unspecified atom stereocenters. The number of rotatable bonds is 0. The third kappa shape index (κ3) is 0.781. The third-order valence-electron chi connectivity index (χ3n) is 1.43. The Morgan fingerprint density at radius 2 is 1.50 bits per heavy atom. The number of hydrogen-bond donors (Lipinski definition) is 0. The van der Waals surface area contributed by atoms with E-state index in [1.54, 1.807) is 12.1 Å². The first-order chi connectivity index (χ1) is 6.22. The molecule has 0 aromatic heterocycles. The van der Waals surface area contributed by atoms with Crippen LogP contribution in [0.15, 0.2) is 48.5 Å². The molecule has 2 aliphatic rings. The van der Waals surface area contributed by atoms with Gasteiger partial charge in [0.2, 0.25) is 0 Å². The topological polar surface area (TPSA) is 0 Å². The fourth-order valence-corrected chi connectivity index (χ4v) is 0.931. The average Bonchev–Trinajstić information content (AvgIpc) is 2.40. The lowest BCUT2D eigenvalue weighted by atomic mass is 10.2. The van der Waals surface area contributed by atoms with Gasteiger partial charge < -0.3 is 0 Å².